The van der Waals surface area contributed by atoms with Crippen molar-refractivity contribution >= 4 is 40.6 Å². The Morgan fingerprint density at radius 1 is 1.06 bits per heavy atom. The average molecular weight is 465 g/mol. The smallest absolute Gasteiger partial charge is 0.293 e. The molecule has 1 N–H and O–H groups in total. The molecule has 2 aromatic carbocycles. The molecule has 1 aliphatic heterocycles. The van der Waals surface area contributed by atoms with E-state index in [9.17, 15) is 14.4 Å². The van der Waals surface area contributed by atoms with Gasteiger partial charge in [-0.3, -0.25) is 19.3 Å². The molecule has 4 rings (SSSR count). The second-order valence-electron chi connectivity index (χ2n) is 8.57. The van der Waals surface area contributed by atoms with Gasteiger partial charge in [0.1, 0.15) is 5.75 Å². The minimum atomic E-state index is -0.241. The summed E-state index contributed by atoms with van der Waals surface area (Å²) < 4.78 is 5.56. The zero-order valence-corrected chi connectivity index (χ0v) is 19.5. The van der Waals surface area contributed by atoms with Crippen LogP contribution in [-0.4, -0.2) is 35.1 Å². The van der Waals surface area contributed by atoms with Crippen molar-refractivity contribution < 1.29 is 19.1 Å². The summed E-state index contributed by atoms with van der Waals surface area (Å²) >= 11 is 1.000. The zero-order valence-electron chi connectivity index (χ0n) is 18.7. The summed E-state index contributed by atoms with van der Waals surface area (Å²) in [4.78, 5) is 39.1. The van der Waals surface area contributed by atoms with Crippen molar-refractivity contribution in [3.05, 3.63) is 64.6 Å². The highest BCUT2D eigenvalue weighted by atomic mass is 32.2. The Morgan fingerprint density at radius 2 is 1.76 bits per heavy atom. The fourth-order valence-corrected chi connectivity index (χ4v) is 4.93. The van der Waals surface area contributed by atoms with E-state index in [1.165, 1.54) is 24.2 Å². The van der Waals surface area contributed by atoms with Crippen LogP contribution in [0.25, 0.3) is 6.08 Å². The number of ether oxygens (including phenoxy) is 1. The van der Waals surface area contributed by atoms with Gasteiger partial charge in [-0.25, -0.2) is 0 Å². The first-order chi connectivity index (χ1) is 16.0. The molecular weight excluding hydrogens is 436 g/mol. The molecule has 172 valence electrons. The van der Waals surface area contributed by atoms with Crippen molar-refractivity contribution in [2.45, 2.75) is 39.0 Å². The lowest BCUT2D eigenvalue weighted by molar-refractivity contribution is -0.123. The Hall–Kier alpha value is -3.06. The number of rotatable bonds is 7. The summed E-state index contributed by atoms with van der Waals surface area (Å²) in [5.74, 6) is 0.529. The summed E-state index contributed by atoms with van der Waals surface area (Å²) in [6, 6.07) is 14.7. The highest BCUT2D eigenvalue weighted by Gasteiger charge is 2.36. The van der Waals surface area contributed by atoms with Gasteiger partial charge >= 0.3 is 0 Å². The maximum absolute atomic E-state index is 12.8. The van der Waals surface area contributed by atoms with E-state index < -0.39 is 0 Å². The van der Waals surface area contributed by atoms with Gasteiger partial charge in [0.2, 0.25) is 0 Å². The molecule has 7 heteroatoms. The van der Waals surface area contributed by atoms with E-state index in [-0.39, 0.29) is 23.7 Å². The van der Waals surface area contributed by atoms with Crippen LogP contribution in [0.4, 0.5) is 10.5 Å². The Kier molecular flexibility index (Phi) is 7.50. The molecule has 0 aromatic heterocycles. The van der Waals surface area contributed by atoms with Gasteiger partial charge < -0.3 is 10.1 Å². The molecule has 6 nitrogen and oxygen atoms in total. The van der Waals surface area contributed by atoms with Gasteiger partial charge in [0.15, 0.2) is 6.61 Å². The molecule has 1 saturated carbocycles. The molecule has 33 heavy (non-hydrogen) atoms. The highest BCUT2D eigenvalue weighted by molar-refractivity contribution is 8.18. The van der Waals surface area contributed by atoms with Crippen LogP contribution < -0.4 is 10.1 Å². The minimum absolute atomic E-state index is 0.104. The van der Waals surface area contributed by atoms with Crippen LogP contribution in [0.5, 0.6) is 5.75 Å². The van der Waals surface area contributed by atoms with E-state index in [0.717, 1.165) is 41.4 Å². The predicted molar refractivity (Wildman–Crippen MR) is 131 cm³/mol. The lowest BCUT2D eigenvalue weighted by Crippen LogP contribution is -2.34. The largest absolute Gasteiger partial charge is 0.484 e. The number of thioether (sulfide) groups is 1. The van der Waals surface area contributed by atoms with Crippen LogP contribution in [0.3, 0.4) is 0 Å². The monoisotopic (exact) mass is 464 g/mol. The first kappa shape index (κ1) is 23.1. The fourth-order valence-electron chi connectivity index (χ4n) is 4.08. The summed E-state index contributed by atoms with van der Waals surface area (Å²) in [7, 11) is 0. The third-order valence-electron chi connectivity index (χ3n) is 5.92. The summed E-state index contributed by atoms with van der Waals surface area (Å²) in [6.07, 6.45) is 7.52. The second kappa shape index (κ2) is 10.7. The van der Waals surface area contributed by atoms with Gasteiger partial charge in [0, 0.05) is 12.2 Å². The van der Waals surface area contributed by atoms with E-state index >= 15 is 0 Å². The van der Waals surface area contributed by atoms with E-state index in [1.807, 2.05) is 43.3 Å². The van der Waals surface area contributed by atoms with Crippen molar-refractivity contribution in [2.75, 3.05) is 18.5 Å². The van der Waals surface area contributed by atoms with Gasteiger partial charge in [-0.15, -0.1) is 0 Å². The summed E-state index contributed by atoms with van der Waals surface area (Å²) in [5, 5.41) is 2.61. The maximum Gasteiger partial charge on any atom is 0.293 e. The Balaban J connectivity index is 1.30. The lowest BCUT2D eigenvalue weighted by atomic mass is 9.89. The molecule has 0 radical (unpaired) electrons. The molecule has 0 unspecified atom stereocenters. The Labute approximate surface area is 198 Å². The average Bonchev–Trinajstić information content (AvgIpc) is 3.08. The van der Waals surface area contributed by atoms with Crippen molar-refractivity contribution in [1.29, 1.82) is 0 Å². The van der Waals surface area contributed by atoms with Crippen molar-refractivity contribution in [3.63, 3.8) is 0 Å². The topological polar surface area (TPSA) is 75.7 Å². The summed E-state index contributed by atoms with van der Waals surface area (Å²) in [6.45, 7) is 2.41. The zero-order chi connectivity index (χ0) is 23.2. The molecular formula is C26H28N2O4S. The van der Waals surface area contributed by atoms with Gasteiger partial charge in [0.25, 0.3) is 17.1 Å². The van der Waals surface area contributed by atoms with Gasteiger partial charge in [-0.1, -0.05) is 49.1 Å². The van der Waals surface area contributed by atoms with Crippen molar-refractivity contribution in [2.24, 2.45) is 5.92 Å². The van der Waals surface area contributed by atoms with Gasteiger partial charge in [-0.2, -0.15) is 0 Å². The predicted octanol–water partition coefficient (Wildman–Crippen LogP) is 5.63. The molecule has 3 amide bonds. The molecule has 0 spiro atoms. The van der Waals surface area contributed by atoms with Crippen LogP contribution in [0.2, 0.25) is 0 Å². The molecule has 1 heterocycles. The van der Waals surface area contributed by atoms with Crippen LogP contribution >= 0.6 is 11.8 Å². The second-order valence-corrected chi connectivity index (χ2v) is 9.56. The number of carbonyl (C=O) groups excluding carboxylic acids is 3. The molecule has 1 saturated heterocycles. The van der Waals surface area contributed by atoms with Crippen molar-refractivity contribution in [1.82, 2.24) is 4.90 Å². The maximum atomic E-state index is 12.8. The van der Waals surface area contributed by atoms with Crippen LogP contribution in [0.1, 0.15) is 43.2 Å². The fraction of sp³-hybridized carbons (Fsp3) is 0.346. The number of amides is 3. The van der Waals surface area contributed by atoms with Crippen LogP contribution in [0.15, 0.2) is 53.4 Å². The number of benzene rings is 2. The Morgan fingerprint density at radius 3 is 2.45 bits per heavy atom. The van der Waals surface area contributed by atoms with Gasteiger partial charge in [-0.05, 0) is 73.4 Å². The first-order valence-electron chi connectivity index (χ1n) is 11.3. The third kappa shape index (κ3) is 6.26. The highest BCUT2D eigenvalue weighted by Crippen LogP contribution is 2.35. The van der Waals surface area contributed by atoms with E-state index in [4.69, 9.17) is 4.74 Å². The molecule has 2 fully saturated rings. The van der Waals surface area contributed by atoms with Gasteiger partial charge in [0.05, 0.1) is 4.91 Å². The first-order valence-corrected chi connectivity index (χ1v) is 12.1. The normalized spacial score (nSPS) is 18.1. The number of nitrogens with one attached hydrogen (secondary N) is 1. The number of hydrogen-bond donors (Lipinski definition) is 1. The molecule has 1 aliphatic carbocycles. The van der Waals surface area contributed by atoms with Crippen molar-refractivity contribution in [3.8, 4) is 5.75 Å². The Bertz CT molecular complexity index is 1040. The summed E-state index contributed by atoms with van der Waals surface area (Å²) in [5.41, 5.74) is 2.65. The number of nitrogens with zero attached hydrogens (tertiary/aromatic N) is 1. The van der Waals surface area contributed by atoms with Crippen LogP contribution in [0, 0.1) is 12.8 Å². The molecule has 2 aromatic rings. The van der Waals surface area contributed by atoms with E-state index in [0.29, 0.717) is 23.1 Å². The quantitative estimate of drug-likeness (QED) is 0.538. The number of aryl methyl sites for hydroxylation is 1. The van der Waals surface area contributed by atoms with E-state index in [1.54, 1.807) is 18.2 Å². The minimum Gasteiger partial charge on any atom is -0.484 e. The molecule has 2 aliphatic rings. The molecule has 0 bridgehead atoms. The standard InChI is InChI=1S/C26H28N2O4S/c1-18-7-11-21(12-8-18)27-24(29)17-32-22-13-9-19(10-14-22)15-23-25(30)28(26(31)33-23)16-20-5-3-2-4-6-20/h7-15,20H,2-6,16-17H2,1H3,(H,27,29)/b23-15+. The third-order valence-corrected chi connectivity index (χ3v) is 6.83. The SMILES string of the molecule is Cc1ccc(NC(=O)COc2ccc(/C=C3/SC(=O)N(CC4CCCCC4)C3=O)cc2)cc1. The number of carbonyl (C=O) groups is 3. The number of anilines is 1. The number of imide groups is 1. The number of hydrogen-bond acceptors (Lipinski definition) is 5. The van der Waals surface area contributed by atoms with E-state index in [2.05, 4.69) is 5.32 Å². The lowest BCUT2D eigenvalue weighted by Gasteiger charge is -2.25. The van der Waals surface area contributed by atoms with Crippen LogP contribution in [-0.2, 0) is 9.59 Å². The molecule has 0 atom stereocenters.